The Bertz CT molecular complexity index is 1460. The van der Waals surface area contributed by atoms with Gasteiger partial charge in [0.15, 0.2) is 12.2 Å². The number of rotatable bonds is 8. The summed E-state index contributed by atoms with van der Waals surface area (Å²) >= 11 is 1.02. The van der Waals surface area contributed by atoms with Gasteiger partial charge >= 0.3 is 11.7 Å². The minimum Gasteiger partial charge on any atom is -0.457 e. The third kappa shape index (κ3) is 4.79. The molecule has 2 aromatic heterocycles. The topological polar surface area (TPSA) is 139 Å². The number of nitrogens with zero attached hydrogens (tertiary/aromatic N) is 3. The second kappa shape index (κ2) is 9.79. The number of fused-ring (bicyclic) bond motifs is 1. The van der Waals surface area contributed by atoms with Crippen molar-refractivity contribution in [1.82, 2.24) is 14.1 Å². The molecule has 0 saturated heterocycles. The van der Waals surface area contributed by atoms with Gasteiger partial charge in [0.2, 0.25) is 5.78 Å². The number of hydrogen-bond acceptors (Lipinski definition) is 9. The second-order valence-electron chi connectivity index (χ2n) is 7.30. The van der Waals surface area contributed by atoms with Crippen LogP contribution in [0.2, 0.25) is 0 Å². The summed E-state index contributed by atoms with van der Waals surface area (Å²) in [7, 11) is 1.26. The zero-order chi connectivity index (χ0) is 24.2. The molecule has 174 valence electrons. The molecule has 0 aliphatic carbocycles. The van der Waals surface area contributed by atoms with Crippen LogP contribution in [0.25, 0.3) is 11.1 Å². The van der Waals surface area contributed by atoms with Crippen LogP contribution >= 0.6 is 11.8 Å². The number of oxazole rings is 1. The standard InChI is InChI=1S/C23H20N4O6S/c1-26-21(30)19(20(24)27(23(26)31)11-14-7-3-2-4-8-14)16(28)12-32-18(29)13-34-22-25-15-9-5-6-10-17(15)33-22/h2-10H,11-13,24H2,1H3. The maximum atomic E-state index is 12.7. The number of ketones is 1. The highest BCUT2D eigenvalue weighted by Gasteiger charge is 2.23. The smallest absolute Gasteiger partial charge is 0.332 e. The maximum Gasteiger partial charge on any atom is 0.332 e. The van der Waals surface area contributed by atoms with Gasteiger partial charge in [0.05, 0.1) is 6.54 Å². The molecule has 2 heterocycles. The number of carbonyl (C=O) groups is 2. The van der Waals surface area contributed by atoms with Gasteiger partial charge in [-0.1, -0.05) is 54.2 Å². The Morgan fingerprint density at radius 3 is 2.53 bits per heavy atom. The van der Waals surface area contributed by atoms with Crippen LogP contribution in [0.5, 0.6) is 0 Å². The number of thioether (sulfide) groups is 1. The van der Waals surface area contributed by atoms with E-state index in [0.717, 1.165) is 26.5 Å². The number of para-hydroxylation sites is 2. The molecule has 0 fully saturated rings. The number of ether oxygens (including phenoxy) is 1. The minimum atomic E-state index is -0.853. The van der Waals surface area contributed by atoms with E-state index in [9.17, 15) is 19.2 Å². The number of nitrogens with two attached hydrogens (primary N) is 1. The predicted molar refractivity (Wildman–Crippen MR) is 126 cm³/mol. The van der Waals surface area contributed by atoms with Gasteiger partial charge in [0, 0.05) is 7.05 Å². The van der Waals surface area contributed by atoms with Gasteiger partial charge in [0.1, 0.15) is 22.7 Å². The molecule has 0 radical (unpaired) electrons. The molecule has 0 bridgehead atoms. The Labute approximate surface area is 197 Å². The normalized spacial score (nSPS) is 11.0. The molecule has 0 unspecified atom stereocenters. The van der Waals surface area contributed by atoms with Crippen molar-refractivity contribution in [1.29, 1.82) is 0 Å². The minimum absolute atomic E-state index is 0.0703. The average Bonchev–Trinajstić information content (AvgIpc) is 3.27. The molecule has 34 heavy (non-hydrogen) atoms. The van der Waals surface area contributed by atoms with Crippen LogP contribution in [-0.2, 0) is 23.1 Å². The van der Waals surface area contributed by atoms with Crippen LogP contribution in [-0.4, -0.2) is 38.2 Å². The van der Waals surface area contributed by atoms with Gasteiger partial charge in [-0.15, -0.1) is 0 Å². The Morgan fingerprint density at radius 1 is 1.09 bits per heavy atom. The number of nitrogen functional groups attached to an aromatic ring is 1. The van der Waals surface area contributed by atoms with E-state index in [0.29, 0.717) is 11.1 Å². The fourth-order valence-corrected chi connectivity index (χ4v) is 3.89. The van der Waals surface area contributed by atoms with Crippen molar-refractivity contribution in [3.63, 3.8) is 0 Å². The lowest BCUT2D eigenvalue weighted by molar-refractivity contribution is -0.139. The number of carbonyl (C=O) groups excluding carboxylic acids is 2. The number of benzene rings is 2. The summed E-state index contributed by atoms with van der Waals surface area (Å²) in [5.74, 6) is -1.94. The van der Waals surface area contributed by atoms with E-state index < -0.39 is 35.2 Å². The maximum absolute atomic E-state index is 12.7. The van der Waals surface area contributed by atoms with E-state index in [2.05, 4.69) is 4.98 Å². The molecule has 0 amide bonds. The number of hydrogen-bond donors (Lipinski definition) is 1. The molecule has 2 N–H and O–H groups in total. The van der Waals surface area contributed by atoms with Crippen molar-refractivity contribution in [3.8, 4) is 0 Å². The predicted octanol–water partition coefficient (Wildman–Crippen LogP) is 1.84. The zero-order valence-electron chi connectivity index (χ0n) is 18.1. The summed E-state index contributed by atoms with van der Waals surface area (Å²) in [5.41, 5.74) is 6.13. The van der Waals surface area contributed by atoms with E-state index in [4.69, 9.17) is 14.9 Å². The van der Waals surface area contributed by atoms with Gasteiger partial charge in [-0.3, -0.25) is 23.5 Å². The van der Waals surface area contributed by atoms with Crippen molar-refractivity contribution in [3.05, 3.63) is 86.6 Å². The first-order valence-electron chi connectivity index (χ1n) is 10.2. The fourth-order valence-electron chi connectivity index (χ4n) is 3.26. The number of Topliss-reactive ketones (excluding diaryl/α,β-unsaturated/α-hetero) is 1. The van der Waals surface area contributed by atoms with Gasteiger partial charge < -0.3 is 14.9 Å². The lowest BCUT2D eigenvalue weighted by Crippen LogP contribution is -2.43. The van der Waals surface area contributed by atoms with Gasteiger partial charge in [-0.2, -0.15) is 0 Å². The molecular formula is C23H20N4O6S. The highest BCUT2D eigenvalue weighted by molar-refractivity contribution is 7.99. The first-order chi connectivity index (χ1) is 16.3. The van der Waals surface area contributed by atoms with Crippen molar-refractivity contribution >= 4 is 40.4 Å². The Hall–Kier alpha value is -4.12. The van der Waals surface area contributed by atoms with Crippen LogP contribution in [0.3, 0.4) is 0 Å². The fraction of sp³-hybridized carbons (Fsp3) is 0.174. The van der Waals surface area contributed by atoms with Gasteiger partial charge in [0.25, 0.3) is 10.8 Å². The SMILES string of the molecule is Cn1c(=O)c(C(=O)COC(=O)CSc2nc3ccccc3o2)c(N)n(Cc2ccccc2)c1=O. The Morgan fingerprint density at radius 2 is 1.79 bits per heavy atom. The summed E-state index contributed by atoms with van der Waals surface area (Å²) < 4.78 is 12.5. The van der Waals surface area contributed by atoms with E-state index in [1.165, 1.54) is 7.05 Å². The Balaban J connectivity index is 1.45. The molecule has 0 aliphatic rings. The quantitative estimate of drug-likeness (QED) is 0.227. The summed E-state index contributed by atoms with van der Waals surface area (Å²) in [6.45, 7) is -0.628. The van der Waals surface area contributed by atoms with E-state index in [1.54, 1.807) is 42.5 Å². The molecule has 4 aromatic rings. The largest absolute Gasteiger partial charge is 0.457 e. The molecule has 0 saturated carbocycles. The van der Waals surface area contributed by atoms with E-state index in [1.807, 2.05) is 12.1 Å². The molecule has 0 atom stereocenters. The lowest BCUT2D eigenvalue weighted by Gasteiger charge is -2.14. The molecular weight excluding hydrogens is 460 g/mol. The first kappa shape index (κ1) is 23.1. The van der Waals surface area contributed by atoms with Gasteiger partial charge in [-0.25, -0.2) is 9.78 Å². The van der Waals surface area contributed by atoms with Crippen molar-refractivity contribution in [2.75, 3.05) is 18.1 Å². The molecule has 0 aliphatic heterocycles. The summed E-state index contributed by atoms with van der Waals surface area (Å²) in [6, 6.07) is 16.1. The number of aromatic nitrogens is 3. The molecule has 10 nitrogen and oxygen atoms in total. The van der Waals surface area contributed by atoms with Crippen molar-refractivity contribution in [2.24, 2.45) is 7.05 Å². The van der Waals surface area contributed by atoms with Crippen LogP contribution in [0.15, 0.2) is 73.8 Å². The highest BCUT2D eigenvalue weighted by atomic mass is 32.2. The Kier molecular flexibility index (Phi) is 6.64. The average molecular weight is 481 g/mol. The summed E-state index contributed by atoms with van der Waals surface area (Å²) in [6.07, 6.45) is 0. The molecule has 0 spiro atoms. The summed E-state index contributed by atoms with van der Waals surface area (Å²) in [4.78, 5) is 54.3. The zero-order valence-corrected chi connectivity index (χ0v) is 18.9. The van der Waals surface area contributed by atoms with E-state index in [-0.39, 0.29) is 23.3 Å². The molecule has 11 heteroatoms. The first-order valence-corrected chi connectivity index (χ1v) is 11.1. The van der Waals surface area contributed by atoms with Crippen molar-refractivity contribution < 1.29 is 18.7 Å². The number of anilines is 1. The third-order valence-electron chi connectivity index (χ3n) is 5.00. The third-order valence-corrected chi connectivity index (χ3v) is 5.80. The van der Waals surface area contributed by atoms with Crippen LogP contribution < -0.4 is 17.0 Å². The monoisotopic (exact) mass is 480 g/mol. The highest BCUT2D eigenvalue weighted by Crippen LogP contribution is 2.23. The van der Waals surface area contributed by atoms with Crippen LogP contribution in [0.1, 0.15) is 15.9 Å². The molecule has 2 aromatic carbocycles. The number of esters is 1. The second-order valence-corrected chi connectivity index (χ2v) is 8.23. The van der Waals surface area contributed by atoms with Crippen molar-refractivity contribution in [2.45, 2.75) is 11.8 Å². The van der Waals surface area contributed by atoms with Crippen LogP contribution in [0.4, 0.5) is 5.82 Å². The lowest BCUT2D eigenvalue weighted by atomic mass is 10.2. The van der Waals surface area contributed by atoms with Crippen LogP contribution in [0, 0.1) is 0 Å². The van der Waals surface area contributed by atoms with E-state index >= 15 is 0 Å². The van der Waals surface area contributed by atoms with Gasteiger partial charge in [-0.05, 0) is 17.7 Å². The molecule has 4 rings (SSSR count). The summed E-state index contributed by atoms with van der Waals surface area (Å²) in [5, 5.41) is 0.288.